The molecule has 5 nitrogen and oxygen atoms in total. The largest absolute Gasteiger partial charge is 0.469 e. The maximum Gasteiger partial charge on any atom is 0.138 e. The molecule has 1 N–H and O–H groups in total. The highest BCUT2D eigenvalue weighted by Gasteiger charge is 2.16. The molecule has 1 unspecified atom stereocenters. The molecule has 0 aliphatic heterocycles. The Hall–Kier alpha value is -1.62. The van der Waals surface area contributed by atoms with E-state index >= 15 is 0 Å². The predicted molar refractivity (Wildman–Crippen MR) is 73.8 cm³/mol. The van der Waals surface area contributed by atoms with Crippen molar-refractivity contribution in [1.82, 2.24) is 20.1 Å². The number of nitrogens with zero attached hydrogens (tertiary/aromatic N) is 3. The molecule has 0 aromatic carbocycles. The van der Waals surface area contributed by atoms with Gasteiger partial charge in [0.2, 0.25) is 0 Å². The summed E-state index contributed by atoms with van der Waals surface area (Å²) in [6, 6.07) is 2.26. The summed E-state index contributed by atoms with van der Waals surface area (Å²) >= 11 is 0. The normalized spacial score (nSPS) is 13.1. The summed E-state index contributed by atoms with van der Waals surface area (Å²) in [7, 11) is 1.95. The average molecular weight is 262 g/mol. The van der Waals surface area contributed by atoms with E-state index in [9.17, 15) is 0 Å². The molecule has 0 amide bonds. The van der Waals surface area contributed by atoms with Crippen LogP contribution in [0.2, 0.25) is 0 Å². The Labute approximate surface area is 114 Å². The summed E-state index contributed by atoms with van der Waals surface area (Å²) in [5.41, 5.74) is 1.15. The van der Waals surface area contributed by atoms with Gasteiger partial charge in [0.15, 0.2) is 0 Å². The van der Waals surface area contributed by atoms with Gasteiger partial charge in [0.05, 0.1) is 6.26 Å². The highest BCUT2D eigenvalue weighted by molar-refractivity contribution is 5.17. The molecule has 104 valence electrons. The molecule has 2 heterocycles. The molecular formula is C14H22N4O. The molecule has 19 heavy (non-hydrogen) atoms. The van der Waals surface area contributed by atoms with Gasteiger partial charge in [-0.05, 0) is 26.0 Å². The van der Waals surface area contributed by atoms with E-state index in [1.807, 2.05) is 18.7 Å². The standard InChI is InChI=1S/C14H22N4O/c1-10(2)7-18-14(16-9-17-18)6-13(15-4)12-5-11(3)19-8-12/h5,8-10,13,15H,6-7H2,1-4H3. The number of hydrogen-bond donors (Lipinski definition) is 1. The van der Waals surface area contributed by atoms with Gasteiger partial charge in [-0.1, -0.05) is 13.8 Å². The van der Waals surface area contributed by atoms with E-state index in [2.05, 4.69) is 35.3 Å². The average Bonchev–Trinajstić information content (AvgIpc) is 2.95. The van der Waals surface area contributed by atoms with Crippen molar-refractivity contribution in [3.8, 4) is 0 Å². The SMILES string of the molecule is CNC(Cc1ncnn1CC(C)C)c1coc(C)c1. The Morgan fingerprint density at radius 2 is 2.21 bits per heavy atom. The van der Waals surface area contributed by atoms with E-state index in [0.717, 1.165) is 30.1 Å². The Balaban J connectivity index is 2.12. The van der Waals surface area contributed by atoms with Gasteiger partial charge >= 0.3 is 0 Å². The first-order valence-electron chi connectivity index (χ1n) is 6.69. The van der Waals surface area contributed by atoms with Gasteiger partial charge in [0, 0.05) is 24.6 Å². The smallest absolute Gasteiger partial charge is 0.138 e. The number of aromatic nitrogens is 3. The van der Waals surface area contributed by atoms with Crippen LogP contribution in [-0.2, 0) is 13.0 Å². The number of hydrogen-bond acceptors (Lipinski definition) is 4. The first kappa shape index (κ1) is 13.8. The van der Waals surface area contributed by atoms with Crippen molar-refractivity contribution in [1.29, 1.82) is 0 Å². The molecule has 0 aliphatic rings. The molecule has 5 heteroatoms. The third-order valence-electron chi connectivity index (χ3n) is 3.12. The quantitative estimate of drug-likeness (QED) is 0.868. The minimum Gasteiger partial charge on any atom is -0.469 e. The lowest BCUT2D eigenvalue weighted by Gasteiger charge is -2.15. The molecule has 0 saturated heterocycles. The number of likely N-dealkylation sites (N-methyl/N-ethyl adjacent to an activating group) is 1. The van der Waals surface area contributed by atoms with Gasteiger partial charge in [0.1, 0.15) is 17.9 Å². The molecule has 0 aliphatic carbocycles. The highest BCUT2D eigenvalue weighted by atomic mass is 16.3. The summed E-state index contributed by atoms with van der Waals surface area (Å²) in [6.45, 7) is 7.22. The van der Waals surface area contributed by atoms with Crippen LogP contribution in [0.15, 0.2) is 23.1 Å². The summed E-state index contributed by atoms with van der Waals surface area (Å²) in [6.07, 6.45) is 4.24. The van der Waals surface area contributed by atoms with Crippen molar-refractivity contribution in [2.24, 2.45) is 5.92 Å². The number of furan rings is 1. The third kappa shape index (κ3) is 3.44. The van der Waals surface area contributed by atoms with Crippen molar-refractivity contribution < 1.29 is 4.42 Å². The van der Waals surface area contributed by atoms with Crippen LogP contribution in [0, 0.1) is 12.8 Å². The Bertz CT molecular complexity index is 515. The highest BCUT2D eigenvalue weighted by Crippen LogP contribution is 2.19. The molecule has 2 aromatic rings. The molecule has 0 spiro atoms. The van der Waals surface area contributed by atoms with Gasteiger partial charge < -0.3 is 9.73 Å². The van der Waals surface area contributed by atoms with Crippen LogP contribution < -0.4 is 5.32 Å². The molecule has 2 aromatic heterocycles. The Kier molecular flexibility index (Phi) is 4.37. The van der Waals surface area contributed by atoms with Crippen LogP contribution >= 0.6 is 0 Å². The number of aryl methyl sites for hydroxylation is 1. The monoisotopic (exact) mass is 262 g/mol. The zero-order valence-corrected chi connectivity index (χ0v) is 12.1. The first-order valence-corrected chi connectivity index (χ1v) is 6.69. The second-order valence-corrected chi connectivity index (χ2v) is 5.29. The zero-order valence-electron chi connectivity index (χ0n) is 12.1. The third-order valence-corrected chi connectivity index (χ3v) is 3.12. The number of nitrogens with one attached hydrogen (secondary N) is 1. The predicted octanol–water partition coefficient (Wildman–Crippen LogP) is 2.34. The molecule has 0 bridgehead atoms. The van der Waals surface area contributed by atoms with Crippen molar-refractivity contribution in [2.75, 3.05) is 7.05 Å². The van der Waals surface area contributed by atoms with E-state index in [4.69, 9.17) is 4.42 Å². The van der Waals surface area contributed by atoms with Gasteiger partial charge in [0.25, 0.3) is 0 Å². The maximum absolute atomic E-state index is 5.38. The van der Waals surface area contributed by atoms with Crippen LogP contribution in [-0.4, -0.2) is 21.8 Å². The van der Waals surface area contributed by atoms with E-state index in [1.165, 1.54) is 0 Å². The lowest BCUT2D eigenvalue weighted by atomic mass is 10.1. The van der Waals surface area contributed by atoms with Crippen molar-refractivity contribution in [3.63, 3.8) is 0 Å². The van der Waals surface area contributed by atoms with Crippen molar-refractivity contribution in [3.05, 3.63) is 35.8 Å². The summed E-state index contributed by atoms with van der Waals surface area (Å²) in [4.78, 5) is 4.37. The molecule has 1 atom stereocenters. The van der Waals surface area contributed by atoms with Gasteiger partial charge in [-0.15, -0.1) is 0 Å². The summed E-state index contributed by atoms with van der Waals surface area (Å²) in [5.74, 6) is 2.50. The molecular weight excluding hydrogens is 240 g/mol. The van der Waals surface area contributed by atoms with Gasteiger partial charge in [-0.25, -0.2) is 9.67 Å². The van der Waals surface area contributed by atoms with E-state index in [-0.39, 0.29) is 6.04 Å². The van der Waals surface area contributed by atoms with Crippen molar-refractivity contribution in [2.45, 2.75) is 39.8 Å². The Morgan fingerprint density at radius 1 is 1.42 bits per heavy atom. The van der Waals surface area contributed by atoms with E-state index in [1.54, 1.807) is 12.6 Å². The van der Waals surface area contributed by atoms with Crippen LogP contribution in [0.25, 0.3) is 0 Å². The van der Waals surface area contributed by atoms with Gasteiger partial charge in [-0.3, -0.25) is 0 Å². The fraction of sp³-hybridized carbons (Fsp3) is 0.571. The molecule has 2 rings (SSSR count). The maximum atomic E-state index is 5.38. The molecule has 0 saturated carbocycles. The van der Waals surface area contributed by atoms with Crippen LogP contribution in [0.5, 0.6) is 0 Å². The van der Waals surface area contributed by atoms with Crippen molar-refractivity contribution >= 4 is 0 Å². The van der Waals surface area contributed by atoms with Crippen LogP contribution in [0.4, 0.5) is 0 Å². The van der Waals surface area contributed by atoms with E-state index < -0.39 is 0 Å². The fourth-order valence-corrected chi connectivity index (χ4v) is 2.16. The Morgan fingerprint density at radius 3 is 2.79 bits per heavy atom. The summed E-state index contributed by atoms with van der Waals surface area (Å²) < 4.78 is 7.37. The lowest BCUT2D eigenvalue weighted by Crippen LogP contribution is -2.21. The minimum atomic E-state index is 0.201. The minimum absolute atomic E-state index is 0.201. The van der Waals surface area contributed by atoms with Gasteiger partial charge in [-0.2, -0.15) is 5.10 Å². The second kappa shape index (κ2) is 6.02. The first-order chi connectivity index (χ1) is 9.10. The topological polar surface area (TPSA) is 55.9 Å². The summed E-state index contributed by atoms with van der Waals surface area (Å²) in [5, 5.41) is 7.61. The number of rotatable bonds is 6. The lowest BCUT2D eigenvalue weighted by molar-refractivity contribution is 0.450. The van der Waals surface area contributed by atoms with Crippen LogP contribution in [0.3, 0.4) is 0 Å². The van der Waals surface area contributed by atoms with Crippen LogP contribution in [0.1, 0.15) is 37.0 Å². The second-order valence-electron chi connectivity index (χ2n) is 5.29. The zero-order chi connectivity index (χ0) is 13.8. The van der Waals surface area contributed by atoms with E-state index in [0.29, 0.717) is 5.92 Å². The molecule has 0 radical (unpaired) electrons. The fourth-order valence-electron chi connectivity index (χ4n) is 2.16. The molecule has 0 fully saturated rings.